The Morgan fingerprint density at radius 1 is 1.19 bits per heavy atom. The molecule has 0 radical (unpaired) electrons. The van der Waals surface area contributed by atoms with Gasteiger partial charge in [-0.15, -0.1) is 0 Å². The predicted octanol–water partition coefficient (Wildman–Crippen LogP) is 2.32. The van der Waals surface area contributed by atoms with Crippen LogP contribution in [0.15, 0.2) is 52.4 Å². The van der Waals surface area contributed by atoms with E-state index in [0.29, 0.717) is 10.4 Å². The Morgan fingerprint density at radius 2 is 1.88 bits per heavy atom. The third kappa shape index (κ3) is 3.71. The third-order valence-electron chi connectivity index (χ3n) is 3.93. The highest BCUT2D eigenvalue weighted by atomic mass is 32.2. The Kier molecular flexibility index (Phi) is 4.97. The van der Waals surface area contributed by atoms with E-state index >= 15 is 0 Å². The Morgan fingerprint density at radius 3 is 2.50 bits per heavy atom. The molecule has 3 rings (SSSR count). The molecule has 0 aliphatic carbocycles. The van der Waals surface area contributed by atoms with Crippen LogP contribution in [0.2, 0.25) is 0 Å². The SMILES string of the molecule is COc1cccc2sc(=NC(=O)Cc3ccc(S(C)(=O)=O)cc3)n(C)c12. The van der Waals surface area contributed by atoms with Gasteiger partial charge in [-0.05, 0) is 29.8 Å². The lowest BCUT2D eigenvalue weighted by Gasteiger charge is -2.03. The summed E-state index contributed by atoms with van der Waals surface area (Å²) in [7, 11) is 0.202. The number of hydrogen-bond acceptors (Lipinski definition) is 5. The van der Waals surface area contributed by atoms with Crippen LogP contribution >= 0.6 is 11.3 Å². The number of carbonyl (C=O) groups excluding carboxylic acids is 1. The second-order valence-electron chi connectivity index (χ2n) is 5.85. The van der Waals surface area contributed by atoms with Gasteiger partial charge >= 0.3 is 0 Å². The van der Waals surface area contributed by atoms with Crippen LogP contribution in [0.3, 0.4) is 0 Å². The highest BCUT2D eigenvalue weighted by Crippen LogP contribution is 2.26. The van der Waals surface area contributed by atoms with Crippen molar-refractivity contribution in [1.82, 2.24) is 4.57 Å². The quantitative estimate of drug-likeness (QED) is 0.685. The Balaban J connectivity index is 1.90. The second kappa shape index (κ2) is 7.05. The van der Waals surface area contributed by atoms with E-state index < -0.39 is 9.84 Å². The molecule has 0 saturated carbocycles. The summed E-state index contributed by atoms with van der Waals surface area (Å²) in [6, 6.07) is 12.0. The average Bonchev–Trinajstić information content (AvgIpc) is 2.90. The van der Waals surface area contributed by atoms with Crippen molar-refractivity contribution in [3.05, 3.63) is 52.8 Å². The van der Waals surface area contributed by atoms with E-state index in [9.17, 15) is 13.2 Å². The highest BCUT2D eigenvalue weighted by Gasteiger charge is 2.11. The minimum absolute atomic E-state index is 0.107. The summed E-state index contributed by atoms with van der Waals surface area (Å²) >= 11 is 1.41. The average molecular weight is 390 g/mol. The number of ether oxygens (including phenoxy) is 1. The number of rotatable bonds is 4. The summed E-state index contributed by atoms with van der Waals surface area (Å²) in [6.07, 6.45) is 1.26. The van der Waals surface area contributed by atoms with Crippen molar-refractivity contribution < 1.29 is 17.9 Å². The molecule has 0 fully saturated rings. The largest absolute Gasteiger partial charge is 0.495 e. The molecule has 0 spiro atoms. The summed E-state index contributed by atoms with van der Waals surface area (Å²) in [4.78, 5) is 17.3. The number of nitrogens with zero attached hydrogens (tertiary/aromatic N) is 2. The molecule has 0 N–H and O–H groups in total. The van der Waals surface area contributed by atoms with Gasteiger partial charge < -0.3 is 9.30 Å². The van der Waals surface area contributed by atoms with E-state index in [1.54, 1.807) is 19.2 Å². The number of benzene rings is 2. The molecular formula is C18H18N2O4S2. The number of thiazole rings is 1. The van der Waals surface area contributed by atoms with E-state index in [1.807, 2.05) is 29.8 Å². The topological polar surface area (TPSA) is 77.7 Å². The first-order chi connectivity index (χ1) is 12.3. The molecule has 6 nitrogen and oxygen atoms in total. The van der Waals surface area contributed by atoms with Gasteiger partial charge in [0.25, 0.3) is 5.91 Å². The van der Waals surface area contributed by atoms with Crippen LogP contribution in [0.5, 0.6) is 5.75 Å². The summed E-state index contributed by atoms with van der Waals surface area (Å²) in [5.74, 6) is 0.435. The molecule has 0 bridgehead atoms. The van der Waals surface area contributed by atoms with E-state index in [-0.39, 0.29) is 17.2 Å². The first-order valence-electron chi connectivity index (χ1n) is 7.78. The molecule has 0 atom stereocenters. The maximum atomic E-state index is 12.3. The number of aromatic nitrogens is 1. The molecule has 1 heterocycles. The van der Waals surface area contributed by atoms with Crippen LogP contribution < -0.4 is 9.54 Å². The van der Waals surface area contributed by atoms with E-state index in [1.165, 1.54) is 23.5 Å². The zero-order valence-electron chi connectivity index (χ0n) is 14.6. The van der Waals surface area contributed by atoms with Crippen LogP contribution in [0.4, 0.5) is 0 Å². The lowest BCUT2D eigenvalue weighted by atomic mass is 10.1. The molecular weight excluding hydrogens is 372 g/mol. The minimum Gasteiger partial charge on any atom is -0.495 e. The number of hydrogen-bond donors (Lipinski definition) is 0. The van der Waals surface area contributed by atoms with Gasteiger partial charge in [0.05, 0.1) is 23.1 Å². The number of amides is 1. The molecule has 8 heteroatoms. The summed E-state index contributed by atoms with van der Waals surface area (Å²) < 4.78 is 31.2. The fourth-order valence-corrected chi connectivity index (χ4v) is 4.30. The van der Waals surface area contributed by atoms with Gasteiger partial charge in [-0.2, -0.15) is 4.99 Å². The maximum Gasteiger partial charge on any atom is 0.252 e. The molecule has 0 aliphatic heterocycles. The van der Waals surface area contributed by atoms with Crippen LogP contribution in [-0.2, 0) is 28.1 Å². The predicted molar refractivity (Wildman–Crippen MR) is 101 cm³/mol. The minimum atomic E-state index is -3.25. The van der Waals surface area contributed by atoms with Gasteiger partial charge in [-0.1, -0.05) is 29.5 Å². The van der Waals surface area contributed by atoms with Gasteiger partial charge in [0.2, 0.25) is 0 Å². The van der Waals surface area contributed by atoms with Crippen LogP contribution in [0, 0.1) is 0 Å². The standard InChI is InChI=1S/C18H18N2O4S2/c1-20-17-14(24-2)5-4-6-15(17)25-18(20)19-16(21)11-12-7-9-13(10-8-12)26(3,22)23/h4-10H,11H2,1-3H3. The van der Waals surface area contributed by atoms with Crippen LogP contribution in [0.1, 0.15) is 5.56 Å². The first-order valence-corrected chi connectivity index (χ1v) is 10.5. The monoisotopic (exact) mass is 390 g/mol. The summed E-state index contributed by atoms with van der Waals surface area (Å²) in [6.45, 7) is 0. The van der Waals surface area contributed by atoms with E-state index in [0.717, 1.165) is 22.2 Å². The third-order valence-corrected chi connectivity index (χ3v) is 6.16. The zero-order valence-corrected chi connectivity index (χ0v) is 16.2. The molecule has 0 saturated heterocycles. The molecule has 0 aliphatic rings. The van der Waals surface area contributed by atoms with Gasteiger partial charge in [0.15, 0.2) is 14.6 Å². The van der Waals surface area contributed by atoms with Gasteiger partial charge in [-0.25, -0.2) is 8.42 Å². The van der Waals surface area contributed by atoms with Crippen molar-refractivity contribution in [3.8, 4) is 5.75 Å². The second-order valence-corrected chi connectivity index (χ2v) is 8.87. The number of carbonyl (C=O) groups is 1. The molecule has 136 valence electrons. The molecule has 0 unspecified atom stereocenters. The van der Waals surface area contributed by atoms with Gasteiger partial charge in [0, 0.05) is 13.3 Å². The molecule has 1 aromatic heterocycles. The zero-order chi connectivity index (χ0) is 18.9. The number of methoxy groups -OCH3 is 1. The van der Waals surface area contributed by atoms with Crippen molar-refractivity contribution in [3.63, 3.8) is 0 Å². The summed E-state index contributed by atoms with van der Waals surface area (Å²) in [5, 5.41) is 0. The Bertz CT molecular complexity index is 1140. The Labute approximate surface area is 155 Å². The lowest BCUT2D eigenvalue weighted by molar-refractivity contribution is -0.117. The van der Waals surface area contributed by atoms with Crippen molar-refractivity contribution in [2.75, 3.05) is 13.4 Å². The fraction of sp³-hybridized carbons (Fsp3) is 0.222. The van der Waals surface area contributed by atoms with Crippen LogP contribution in [0.25, 0.3) is 10.2 Å². The van der Waals surface area contributed by atoms with Crippen molar-refractivity contribution >= 4 is 37.3 Å². The smallest absolute Gasteiger partial charge is 0.252 e. The fourth-order valence-electron chi connectivity index (χ4n) is 2.62. The summed E-state index contributed by atoms with van der Waals surface area (Å²) in [5.41, 5.74) is 1.61. The van der Waals surface area contributed by atoms with Crippen molar-refractivity contribution in [2.24, 2.45) is 12.0 Å². The lowest BCUT2D eigenvalue weighted by Crippen LogP contribution is -2.14. The van der Waals surface area contributed by atoms with Crippen LogP contribution in [-0.4, -0.2) is 32.3 Å². The van der Waals surface area contributed by atoms with Crippen molar-refractivity contribution in [1.29, 1.82) is 0 Å². The molecule has 1 amide bonds. The number of aryl methyl sites for hydroxylation is 1. The molecule has 3 aromatic rings. The maximum absolute atomic E-state index is 12.3. The number of sulfone groups is 1. The van der Waals surface area contributed by atoms with E-state index in [4.69, 9.17) is 4.74 Å². The molecule has 26 heavy (non-hydrogen) atoms. The van der Waals surface area contributed by atoms with Crippen molar-refractivity contribution in [2.45, 2.75) is 11.3 Å². The van der Waals surface area contributed by atoms with Gasteiger partial charge in [0.1, 0.15) is 11.3 Å². The normalized spacial score (nSPS) is 12.5. The van der Waals surface area contributed by atoms with Gasteiger partial charge in [-0.3, -0.25) is 4.79 Å². The molecule has 2 aromatic carbocycles. The number of para-hydroxylation sites is 1. The highest BCUT2D eigenvalue weighted by molar-refractivity contribution is 7.90. The Hall–Kier alpha value is -2.45. The van der Waals surface area contributed by atoms with E-state index in [2.05, 4.69) is 4.99 Å². The number of fused-ring (bicyclic) bond motifs is 1. The first kappa shape index (κ1) is 18.3.